The summed E-state index contributed by atoms with van der Waals surface area (Å²) >= 11 is 0. The van der Waals surface area contributed by atoms with Crippen molar-refractivity contribution in [2.24, 2.45) is 17.3 Å². The topological polar surface area (TPSA) is 60.7 Å². The van der Waals surface area contributed by atoms with Gasteiger partial charge >= 0.3 is 18.0 Å². The molecular weight excluding hydrogens is 522 g/mol. The minimum absolute atomic E-state index is 0.197. The zero-order valence-electron chi connectivity index (χ0n) is 22.6. The van der Waals surface area contributed by atoms with E-state index in [2.05, 4.69) is 32.4 Å². The van der Waals surface area contributed by atoms with Crippen LogP contribution in [0.2, 0.25) is 0 Å². The van der Waals surface area contributed by atoms with Crippen LogP contribution >= 0.6 is 0 Å². The lowest BCUT2D eigenvalue weighted by Gasteiger charge is -2.42. The quantitative estimate of drug-likeness (QED) is 0.202. The van der Waals surface area contributed by atoms with Crippen LogP contribution in [0.4, 0.5) is 26.3 Å². The SMILES string of the molecule is C#C.C=C1/C(=C\C=C2/CCC[C@]3(C)C([C@@H](C)CC#CC(O)(C(F)(F)F)C(F)(F)F)=CCC23)CCC[C@@H]1O.CO. The molecule has 3 N–H and O–H groups in total. The minimum atomic E-state index is -5.94. The Balaban J connectivity index is 0.00000181. The van der Waals surface area contributed by atoms with E-state index in [1.54, 1.807) is 6.92 Å². The molecule has 4 atom stereocenters. The first-order valence-electron chi connectivity index (χ1n) is 12.7. The predicted octanol–water partition coefficient (Wildman–Crippen LogP) is 6.82. The Morgan fingerprint density at radius 3 is 2.26 bits per heavy atom. The Labute approximate surface area is 227 Å². The molecule has 2 fully saturated rings. The molecule has 0 amide bonds. The summed E-state index contributed by atoms with van der Waals surface area (Å²) in [6.07, 6.45) is 7.50. The second-order valence-corrected chi connectivity index (χ2v) is 10.2. The molecule has 1 unspecified atom stereocenters. The Bertz CT molecular complexity index is 1020. The molecule has 0 radical (unpaired) electrons. The predicted molar refractivity (Wildman–Crippen MR) is 140 cm³/mol. The van der Waals surface area contributed by atoms with Crippen molar-refractivity contribution in [3.05, 3.63) is 47.1 Å². The van der Waals surface area contributed by atoms with Crippen LogP contribution in [0.1, 0.15) is 65.2 Å². The molecule has 218 valence electrons. The second-order valence-electron chi connectivity index (χ2n) is 10.2. The van der Waals surface area contributed by atoms with E-state index in [-0.39, 0.29) is 23.7 Å². The van der Waals surface area contributed by atoms with Crippen LogP contribution in [0.25, 0.3) is 0 Å². The van der Waals surface area contributed by atoms with Crippen LogP contribution in [-0.2, 0) is 0 Å². The van der Waals surface area contributed by atoms with Crippen molar-refractivity contribution in [1.82, 2.24) is 0 Å². The van der Waals surface area contributed by atoms with Gasteiger partial charge in [0.2, 0.25) is 0 Å². The van der Waals surface area contributed by atoms with E-state index in [9.17, 15) is 36.6 Å². The van der Waals surface area contributed by atoms with Gasteiger partial charge in [-0.05, 0) is 79.3 Å². The highest BCUT2D eigenvalue weighted by Crippen LogP contribution is 2.57. The molecule has 3 nitrogen and oxygen atoms in total. The van der Waals surface area contributed by atoms with Crippen LogP contribution in [0.5, 0.6) is 0 Å². The summed E-state index contributed by atoms with van der Waals surface area (Å²) in [5.74, 6) is 2.89. The fraction of sp³-hybridized carbons (Fsp3) is 0.600. The fourth-order valence-electron chi connectivity index (χ4n) is 5.79. The van der Waals surface area contributed by atoms with Gasteiger partial charge in [0.25, 0.3) is 0 Å². The van der Waals surface area contributed by atoms with E-state index in [1.165, 1.54) is 5.57 Å². The molecule has 3 aliphatic rings. The fourth-order valence-corrected chi connectivity index (χ4v) is 5.79. The summed E-state index contributed by atoms with van der Waals surface area (Å²) in [7, 11) is 1.00. The van der Waals surface area contributed by atoms with E-state index < -0.39 is 24.1 Å². The Morgan fingerprint density at radius 2 is 1.69 bits per heavy atom. The van der Waals surface area contributed by atoms with Crippen LogP contribution in [0, 0.1) is 41.9 Å². The third kappa shape index (κ3) is 7.39. The summed E-state index contributed by atoms with van der Waals surface area (Å²) in [6.45, 7) is 7.86. The number of alkyl halides is 6. The smallest absolute Gasteiger partial charge is 0.400 e. The van der Waals surface area contributed by atoms with E-state index >= 15 is 0 Å². The van der Waals surface area contributed by atoms with Crippen molar-refractivity contribution in [1.29, 1.82) is 0 Å². The average Bonchev–Trinajstić information content (AvgIpc) is 3.23. The first-order chi connectivity index (χ1) is 18.1. The van der Waals surface area contributed by atoms with Crippen molar-refractivity contribution >= 4 is 0 Å². The van der Waals surface area contributed by atoms with Gasteiger partial charge < -0.3 is 15.3 Å². The van der Waals surface area contributed by atoms with Gasteiger partial charge in [0, 0.05) is 13.5 Å². The number of hydrogen-bond donors (Lipinski definition) is 3. The maximum atomic E-state index is 12.9. The molecule has 0 heterocycles. The van der Waals surface area contributed by atoms with Crippen LogP contribution < -0.4 is 0 Å². The third-order valence-corrected chi connectivity index (χ3v) is 7.88. The number of halogens is 6. The standard InChI is InChI=1S/C27H32F6O2.C2H2.CH4O/c1-17(7-5-16-25(35,26(28,29)30)27(31,32)33)21-13-14-22-20(9-6-15-24(21,22)3)12-11-19-8-4-10-23(34)18(19)2;2*1-2/h11-13,17,22-23,34-35H,2,4,6-10,14-15H2,1,3H3;1-2H;2H,1H3/b19-11-,20-12+;;/t17-,22?,23-,24+;;/m0../s1. The molecule has 2 saturated carbocycles. The number of aliphatic hydroxyl groups is 3. The highest BCUT2D eigenvalue weighted by atomic mass is 19.4. The molecule has 3 aliphatic carbocycles. The van der Waals surface area contributed by atoms with E-state index in [0.29, 0.717) is 6.42 Å². The normalized spacial score (nSPS) is 28.2. The van der Waals surface area contributed by atoms with Crippen LogP contribution in [-0.4, -0.2) is 46.5 Å². The largest absolute Gasteiger partial charge is 0.438 e. The summed E-state index contributed by atoms with van der Waals surface area (Å²) in [5, 5.41) is 26.3. The van der Waals surface area contributed by atoms with Gasteiger partial charge in [-0.3, -0.25) is 0 Å². The van der Waals surface area contributed by atoms with Gasteiger partial charge in [-0.25, -0.2) is 0 Å². The molecule has 39 heavy (non-hydrogen) atoms. The van der Waals surface area contributed by atoms with E-state index in [0.717, 1.165) is 68.3 Å². The molecule has 0 aromatic carbocycles. The van der Waals surface area contributed by atoms with Gasteiger partial charge in [0.05, 0.1) is 6.10 Å². The van der Waals surface area contributed by atoms with Crippen molar-refractivity contribution in [2.45, 2.75) is 89.3 Å². The molecule has 0 spiro atoms. The van der Waals surface area contributed by atoms with Crippen LogP contribution in [0.15, 0.2) is 47.1 Å². The summed E-state index contributed by atoms with van der Waals surface area (Å²) < 4.78 is 77.3. The zero-order chi connectivity index (χ0) is 30.2. The maximum absolute atomic E-state index is 12.9. The molecule has 0 aromatic heterocycles. The number of terminal acetylenes is 1. The van der Waals surface area contributed by atoms with Crippen molar-refractivity contribution in [3.8, 4) is 24.7 Å². The van der Waals surface area contributed by atoms with E-state index in [1.807, 2.05) is 18.1 Å². The Morgan fingerprint density at radius 1 is 1.10 bits per heavy atom. The summed E-state index contributed by atoms with van der Waals surface area (Å²) in [4.78, 5) is 0. The molecule has 0 bridgehead atoms. The van der Waals surface area contributed by atoms with Crippen molar-refractivity contribution < 1.29 is 41.7 Å². The number of rotatable bonds is 3. The molecule has 0 aliphatic heterocycles. The number of hydrogen-bond acceptors (Lipinski definition) is 3. The van der Waals surface area contributed by atoms with Gasteiger partial charge in [0.15, 0.2) is 0 Å². The highest BCUT2D eigenvalue weighted by molar-refractivity contribution is 5.40. The van der Waals surface area contributed by atoms with Crippen molar-refractivity contribution in [3.63, 3.8) is 0 Å². The Kier molecular flexibility index (Phi) is 12.2. The number of fused-ring (bicyclic) bond motifs is 1. The lowest BCUT2D eigenvalue weighted by Crippen LogP contribution is -2.55. The summed E-state index contributed by atoms with van der Waals surface area (Å²) in [5.41, 5.74) is -1.25. The van der Waals surface area contributed by atoms with Gasteiger partial charge in [0.1, 0.15) is 0 Å². The van der Waals surface area contributed by atoms with Gasteiger partial charge in [-0.15, -0.1) is 12.8 Å². The molecule has 0 aromatic rings. The molecular formula is C30H38F6O3. The third-order valence-electron chi connectivity index (χ3n) is 7.88. The summed E-state index contributed by atoms with van der Waals surface area (Å²) in [6, 6.07) is 0. The monoisotopic (exact) mass is 560 g/mol. The van der Waals surface area contributed by atoms with E-state index in [4.69, 9.17) is 5.11 Å². The first kappa shape index (κ1) is 34.6. The van der Waals surface area contributed by atoms with Gasteiger partial charge in [-0.2, -0.15) is 26.3 Å². The number of allylic oxidation sites excluding steroid dienone is 5. The Hall–Kier alpha value is -2.46. The van der Waals surface area contributed by atoms with Crippen LogP contribution in [0.3, 0.4) is 0 Å². The lowest BCUT2D eigenvalue weighted by molar-refractivity contribution is -0.343. The molecule has 3 rings (SSSR count). The highest BCUT2D eigenvalue weighted by Gasteiger charge is 2.70. The van der Waals surface area contributed by atoms with Gasteiger partial charge in [-0.1, -0.05) is 55.7 Å². The van der Waals surface area contributed by atoms with Crippen molar-refractivity contribution in [2.75, 3.05) is 7.11 Å². The molecule has 0 saturated heterocycles. The lowest BCUT2D eigenvalue weighted by atomic mass is 9.62. The first-order valence-corrected chi connectivity index (χ1v) is 12.7. The number of aliphatic hydroxyl groups excluding tert-OH is 2. The average molecular weight is 561 g/mol. The minimum Gasteiger partial charge on any atom is -0.400 e. The second kappa shape index (κ2) is 13.7. The zero-order valence-corrected chi connectivity index (χ0v) is 22.6. The molecule has 9 heteroatoms. The maximum Gasteiger partial charge on any atom is 0.438 e.